The zero-order chi connectivity index (χ0) is 16.5. The highest BCUT2D eigenvalue weighted by Gasteiger charge is 2.29. The summed E-state index contributed by atoms with van der Waals surface area (Å²) in [5, 5.41) is 25.8. The Morgan fingerprint density at radius 2 is 1.33 bits per heavy atom. The van der Waals surface area contributed by atoms with Crippen LogP contribution < -0.4 is 32.7 Å². The van der Waals surface area contributed by atoms with Crippen molar-refractivity contribution in [2.75, 3.05) is 13.3 Å². The quantitative estimate of drug-likeness (QED) is 0.171. The Balaban J connectivity index is 4.29. The van der Waals surface area contributed by atoms with E-state index in [4.69, 9.17) is 11.5 Å². The molecule has 0 aromatic rings. The summed E-state index contributed by atoms with van der Waals surface area (Å²) in [6.45, 7) is -0.639. The molecule has 0 bridgehead atoms. The zero-order valence-electron chi connectivity index (χ0n) is 10.9. The molecule has 0 spiro atoms. The van der Waals surface area contributed by atoms with Crippen molar-refractivity contribution < 1.29 is 29.4 Å². The van der Waals surface area contributed by atoms with E-state index in [9.17, 15) is 29.4 Å². The van der Waals surface area contributed by atoms with Gasteiger partial charge in [0, 0.05) is 0 Å². The van der Waals surface area contributed by atoms with Crippen LogP contribution in [0.1, 0.15) is 12.8 Å². The summed E-state index contributed by atoms with van der Waals surface area (Å²) in [6, 6.07) is -3.13. The van der Waals surface area contributed by atoms with Gasteiger partial charge >= 0.3 is 6.03 Å². The third kappa shape index (κ3) is 9.28. The number of hydrogen-bond acceptors (Lipinski definition) is 7. The van der Waals surface area contributed by atoms with Crippen molar-refractivity contribution in [3.05, 3.63) is 0 Å². The van der Waals surface area contributed by atoms with Crippen molar-refractivity contribution in [2.45, 2.75) is 18.9 Å². The number of rotatable bonds is 8. The predicted molar refractivity (Wildman–Crippen MR) is 66.0 cm³/mol. The zero-order valence-corrected chi connectivity index (χ0v) is 10.9. The highest BCUT2D eigenvalue weighted by atomic mass is 16.6. The van der Waals surface area contributed by atoms with Gasteiger partial charge in [0.25, 0.3) is 0 Å². The molecule has 0 atom stereocenters. The SMILES string of the molecule is [NH]CNC(=O)CC(=O)NC(O)(O)NC(=O)CC(=O)NCN. The molecule has 0 aromatic heterocycles. The molecule has 0 rings (SSSR count). The van der Waals surface area contributed by atoms with Gasteiger partial charge in [-0.2, -0.15) is 0 Å². The van der Waals surface area contributed by atoms with Crippen LogP contribution in [-0.2, 0) is 19.2 Å². The molecule has 0 fully saturated rings. The lowest BCUT2D eigenvalue weighted by atomic mass is 10.3. The van der Waals surface area contributed by atoms with E-state index < -0.39 is 49.2 Å². The van der Waals surface area contributed by atoms with Crippen molar-refractivity contribution >= 4 is 23.6 Å². The Bertz CT molecular complexity index is 376. The van der Waals surface area contributed by atoms with Gasteiger partial charge in [0.1, 0.15) is 12.8 Å². The van der Waals surface area contributed by atoms with Gasteiger partial charge in [-0.05, 0) is 0 Å². The Labute approximate surface area is 119 Å². The molecule has 0 aromatic carbocycles. The third-order valence-electron chi connectivity index (χ3n) is 1.85. The van der Waals surface area contributed by atoms with Gasteiger partial charge in [0.15, 0.2) is 0 Å². The van der Waals surface area contributed by atoms with E-state index in [1.54, 1.807) is 10.6 Å². The van der Waals surface area contributed by atoms with Gasteiger partial charge in [-0.15, -0.1) is 0 Å². The van der Waals surface area contributed by atoms with Crippen molar-refractivity contribution in [1.82, 2.24) is 27.0 Å². The second kappa shape index (κ2) is 8.80. The molecule has 0 saturated heterocycles. The summed E-state index contributed by atoms with van der Waals surface area (Å²) in [7, 11) is 0. The lowest BCUT2D eigenvalue weighted by Gasteiger charge is -2.23. The smallest absolute Gasteiger partial charge is 0.337 e. The monoisotopic (exact) mass is 305 g/mol. The molecule has 0 heterocycles. The Morgan fingerprint density at radius 1 is 0.905 bits per heavy atom. The van der Waals surface area contributed by atoms with Crippen LogP contribution >= 0.6 is 0 Å². The number of nitrogens with one attached hydrogen (secondary N) is 5. The molecule has 0 aliphatic carbocycles. The topological polar surface area (TPSA) is 207 Å². The first-order valence-electron chi connectivity index (χ1n) is 5.65. The van der Waals surface area contributed by atoms with E-state index in [0.717, 1.165) is 0 Å². The average molecular weight is 305 g/mol. The minimum Gasteiger partial charge on any atom is -0.343 e. The van der Waals surface area contributed by atoms with Crippen molar-refractivity contribution in [2.24, 2.45) is 5.73 Å². The molecule has 119 valence electrons. The maximum Gasteiger partial charge on any atom is 0.337 e. The summed E-state index contributed by atoms with van der Waals surface area (Å²) >= 11 is 0. The molecule has 0 aliphatic heterocycles. The summed E-state index contributed by atoms with van der Waals surface area (Å²) < 4.78 is 0. The van der Waals surface area contributed by atoms with E-state index >= 15 is 0 Å². The molecule has 0 saturated carbocycles. The second-order valence-electron chi connectivity index (χ2n) is 3.70. The molecule has 1 radical (unpaired) electrons. The Kier molecular flexibility index (Phi) is 7.85. The van der Waals surface area contributed by atoms with E-state index in [0.29, 0.717) is 0 Å². The average Bonchev–Trinajstić information content (AvgIpc) is 2.26. The van der Waals surface area contributed by atoms with Gasteiger partial charge < -0.3 is 26.6 Å². The fraction of sp³-hybridized carbons (Fsp3) is 0.556. The predicted octanol–water partition coefficient (Wildman–Crippen LogP) is -5.02. The Hall–Kier alpha value is -2.28. The molecule has 21 heavy (non-hydrogen) atoms. The van der Waals surface area contributed by atoms with Crippen LogP contribution in [0.2, 0.25) is 0 Å². The summed E-state index contributed by atoms with van der Waals surface area (Å²) in [5.41, 5.74) is 11.7. The highest BCUT2D eigenvalue weighted by Crippen LogP contribution is 1.92. The standard InChI is InChI=1S/C9H17N6O6/c10-3-12-5(16)1-7(18)14-9(20,21)15-8(19)2-6(17)13-4-11/h10,20-21H,1-4,11H2,(H,12,16)(H,13,17)(H,14,18)(H,15,19). The first-order valence-corrected chi connectivity index (χ1v) is 5.65. The molecule has 4 amide bonds. The molecule has 0 aliphatic rings. The first kappa shape index (κ1) is 18.7. The fourth-order valence-corrected chi connectivity index (χ4v) is 1.14. The van der Waals surface area contributed by atoms with Gasteiger partial charge in [0.05, 0.1) is 13.3 Å². The molecule has 9 N–H and O–H groups in total. The van der Waals surface area contributed by atoms with Crippen LogP contribution in [0.15, 0.2) is 0 Å². The minimum atomic E-state index is -3.13. The van der Waals surface area contributed by atoms with Crippen molar-refractivity contribution in [3.8, 4) is 0 Å². The number of hydrogen-bond donors (Lipinski definition) is 7. The number of carbonyl (C=O) groups is 4. The minimum absolute atomic E-state index is 0.197. The van der Waals surface area contributed by atoms with E-state index in [1.165, 1.54) is 0 Å². The maximum absolute atomic E-state index is 11.3. The van der Waals surface area contributed by atoms with Gasteiger partial charge in [-0.25, -0.2) is 5.73 Å². The van der Waals surface area contributed by atoms with Crippen LogP contribution in [0, 0.1) is 0 Å². The lowest BCUT2D eigenvalue weighted by molar-refractivity contribution is -0.209. The van der Waals surface area contributed by atoms with Crippen LogP contribution in [0.5, 0.6) is 0 Å². The van der Waals surface area contributed by atoms with Gasteiger partial charge in [-0.3, -0.25) is 29.8 Å². The van der Waals surface area contributed by atoms with E-state index in [1.807, 2.05) is 5.32 Å². The van der Waals surface area contributed by atoms with Gasteiger partial charge in [-0.1, -0.05) is 0 Å². The third-order valence-corrected chi connectivity index (χ3v) is 1.85. The Morgan fingerprint density at radius 3 is 1.71 bits per heavy atom. The second-order valence-corrected chi connectivity index (χ2v) is 3.70. The van der Waals surface area contributed by atoms with E-state index in [2.05, 4.69) is 5.32 Å². The molecule has 0 unspecified atom stereocenters. The van der Waals surface area contributed by atoms with Crippen LogP contribution in [0.3, 0.4) is 0 Å². The summed E-state index contributed by atoms with van der Waals surface area (Å²) in [4.78, 5) is 44.5. The van der Waals surface area contributed by atoms with E-state index in [-0.39, 0.29) is 6.67 Å². The first-order chi connectivity index (χ1) is 9.70. The van der Waals surface area contributed by atoms with Crippen LogP contribution in [0.4, 0.5) is 0 Å². The summed E-state index contributed by atoms with van der Waals surface area (Å²) in [5.74, 6) is -3.78. The maximum atomic E-state index is 11.3. The molecule has 12 heteroatoms. The molecular weight excluding hydrogens is 288 g/mol. The molecule has 12 nitrogen and oxygen atoms in total. The van der Waals surface area contributed by atoms with Crippen molar-refractivity contribution in [3.63, 3.8) is 0 Å². The fourth-order valence-electron chi connectivity index (χ4n) is 1.14. The van der Waals surface area contributed by atoms with Gasteiger partial charge in [0.2, 0.25) is 23.6 Å². The van der Waals surface area contributed by atoms with Crippen LogP contribution in [0.25, 0.3) is 0 Å². The lowest BCUT2D eigenvalue weighted by Crippen LogP contribution is -2.61. The largest absolute Gasteiger partial charge is 0.343 e. The molecular formula is C9H17N6O6. The summed E-state index contributed by atoms with van der Waals surface area (Å²) in [6.07, 6.45) is -1.51. The number of amides is 4. The number of aliphatic hydroxyl groups is 2. The highest BCUT2D eigenvalue weighted by molar-refractivity contribution is 5.98. The van der Waals surface area contributed by atoms with Crippen molar-refractivity contribution in [1.29, 1.82) is 0 Å². The number of nitrogens with two attached hydrogens (primary N) is 1. The number of carbonyl (C=O) groups excluding carboxylic acids is 4. The normalized spacial score (nSPS) is 10.5. The van der Waals surface area contributed by atoms with Crippen LogP contribution in [-0.4, -0.2) is 53.2 Å².